The van der Waals surface area contributed by atoms with E-state index in [2.05, 4.69) is 0 Å². The van der Waals surface area contributed by atoms with Crippen LogP contribution < -0.4 is 4.74 Å². The number of carboxylic acids is 2. The highest BCUT2D eigenvalue weighted by Gasteiger charge is 2.16. The second-order valence-electron chi connectivity index (χ2n) is 4.95. The second kappa shape index (κ2) is 5.56. The number of hydrogen-bond donors (Lipinski definition) is 2. The summed E-state index contributed by atoms with van der Waals surface area (Å²) in [6.45, 7) is 5.73. The van der Waals surface area contributed by atoms with Gasteiger partial charge >= 0.3 is 11.9 Å². The fourth-order valence-electron chi connectivity index (χ4n) is 1.37. The minimum Gasteiger partial charge on any atom is -0.488 e. The predicted octanol–water partition coefficient (Wildman–Crippen LogP) is 2.42. The number of hydrogen-bond acceptors (Lipinski definition) is 3. The molecule has 0 amide bonds. The molecule has 19 heavy (non-hydrogen) atoms. The first-order valence-electron chi connectivity index (χ1n) is 5.66. The number of ether oxygens (including phenoxy) is 1. The van der Waals surface area contributed by atoms with E-state index >= 15 is 0 Å². The second-order valence-corrected chi connectivity index (χ2v) is 4.95. The Hall–Kier alpha value is -2.30. The molecule has 0 bridgehead atoms. The van der Waals surface area contributed by atoms with Crippen LogP contribution in [-0.2, 0) is 9.59 Å². The van der Waals surface area contributed by atoms with E-state index in [9.17, 15) is 9.59 Å². The Morgan fingerprint density at radius 3 is 1.89 bits per heavy atom. The van der Waals surface area contributed by atoms with Crippen molar-refractivity contribution in [2.24, 2.45) is 0 Å². The smallest absolute Gasteiger partial charge is 0.343 e. The first kappa shape index (κ1) is 14.8. The summed E-state index contributed by atoms with van der Waals surface area (Å²) < 4.78 is 5.60. The predicted molar refractivity (Wildman–Crippen MR) is 70.1 cm³/mol. The zero-order valence-corrected chi connectivity index (χ0v) is 11.0. The third kappa shape index (κ3) is 4.83. The van der Waals surface area contributed by atoms with Gasteiger partial charge in [0.15, 0.2) is 0 Å². The molecule has 0 atom stereocenters. The first-order valence-corrected chi connectivity index (χ1v) is 5.66. The molecule has 0 saturated carbocycles. The quantitative estimate of drug-likeness (QED) is 0.495. The van der Waals surface area contributed by atoms with Crippen molar-refractivity contribution in [3.05, 3.63) is 35.4 Å². The Bertz CT molecular complexity index is 490. The standard InChI is InChI=1S/C14H16O5/c1-14(2,3)19-10-6-4-9(5-7-10)8-11(12(15)16)13(17)18/h4-8H,1-3H3,(H,15,16)(H,17,18). The van der Waals surface area contributed by atoms with Crippen molar-refractivity contribution >= 4 is 18.0 Å². The van der Waals surface area contributed by atoms with Gasteiger partial charge in [-0.25, -0.2) is 9.59 Å². The van der Waals surface area contributed by atoms with Gasteiger partial charge < -0.3 is 14.9 Å². The van der Waals surface area contributed by atoms with Gasteiger partial charge in [0.1, 0.15) is 16.9 Å². The van der Waals surface area contributed by atoms with Crippen molar-refractivity contribution in [3.8, 4) is 5.75 Å². The molecular weight excluding hydrogens is 248 g/mol. The zero-order valence-electron chi connectivity index (χ0n) is 11.0. The Labute approximate surface area is 111 Å². The van der Waals surface area contributed by atoms with Crippen molar-refractivity contribution in [3.63, 3.8) is 0 Å². The lowest BCUT2D eigenvalue weighted by molar-refractivity contribution is -0.140. The summed E-state index contributed by atoms with van der Waals surface area (Å²) in [5.74, 6) is -2.30. The highest BCUT2D eigenvalue weighted by molar-refractivity contribution is 6.16. The number of carbonyl (C=O) groups is 2. The van der Waals surface area contributed by atoms with Crippen molar-refractivity contribution in [2.45, 2.75) is 26.4 Å². The van der Waals surface area contributed by atoms with Gasteiger partial charge in [-0.2, -0.15) is 0 Å². The van der Waals surface area contributed by atoms with Gasteiger partial charge in [0.25, 0.3) is 0 Å². The number of rotatable bonds is 4. The van der Waals surface area contributed by atoms with Gasteiger partial charge in [0.05, 0.1) is 0 Å². The van der Waals surface area contributed by atoms with Crippen LogP contribution in [0.4, 0.5) is 0 Å². The third-order valence-corrected chi connectivity index (χ3v) is 2.08. The normalized spacial score (nSPS) is 10.7. The lowest BCUT2D eigenvalue weighted by Gasteiger charge is -2.21. The summed E-state index contributed by atoms with van der Waals surface area (Å²) in [6.07, 6.45) is 1.10. The summed E-state index contributed by atoms with van der Waals surface area (Å²) >= 11 is 0. The number of aliphatic carboxylic acids is 2. The SMILES string of the molecule is CC(C)(C)Oc1ccc(C=C(C(=O)O)C(=O)O)cc1. The van der Waals surface area contributed by atoms with Crippen LogP contribution in [0, 0.1) is 0 Å². The average molecular weight is 264 g/mol. The minimum absolute atomic E-state index is 0.329. The zero-order chi connectivity index (χ0) is 14.6. The average Bonchev–Trinajstić information content (AvgIpc) is 2.25. The Kier molecular flexibility index (Phi) is 4.32. The van der Waals surface area contributed by atoms with Crippen LogP contribution in [-0.4, -0.2) is 27.8 Å². The van der Waals surface area contributed by atoms with Crippen molar-refractivity contribution < 1.29 is 24.5 Å². The van der Waals surface area contributed by atoms with E-state index in [0.29, 0.717) is 11.3 Å². The maximum atomic E-state index is 10.7. The highest BCUT2D eigenvalue weighted by Crippen LogP contribution is 2.19. The maximum Gasteiger partial charge on any atom is 0.343 e. The molecule has 1 aromatic carbocycles. The molecule has 1 rings (SSSR count). The van der Waals surface area contributed by atoms with E-state index < -0.39 is 17.5 Å². The molecular formula is C14H16O5. The lowest BCUT2D eigenvalue weighted by Crippen LogP contribution is -2.22. The van der Waals surface area contributed by atoms with Crippen molar-refractivity contribution in [1.82, 2.24) is 0 Å². The molecule has 0 spiro atoms. The molecule has 0 fully saturated rings. The van der Waals surface area contributed by atoms with E-state index in [-0.39, 0.29) is 5.60 Å². The Morgan fingerprint density at radius 2 is 1.53 bits per heavy atom. The van der Waals surface area contributed by atoms with Crippen LogP contribution in [0.5, 0.6) is 5.75 Å². The Morgan fingerprint density at radius 1 is 1.05 bits per heavy atom. The Balaban J connectivity index is 2.96. The summed E-state index contributed by atoms with van der Waals surface area (Å²) in [5.41, 5.74) is -0.518. The van der Waals surface area contributed by atoms with Gasteiger partial charge in [-0.15, -0.1) is 0 Å². The fraction of sp³-hybridized carbons (Fsp3) is 0.286. The van der Waals surface area contributed by atoms with E-state index in [0.717, 1.165) is 6.08 Å². The molecule has 0 aliphatic carbocycles. The van der Waals surface area contributed by atoms with Gasteiger partial charge in [-0.1, -0.05) is 12.1 Å². The summed E-state index contributed by atoms with van der Waals surface area (Å²) in [7, 11) is 0. The van der Waals surface area contributed by atoms with Crippen LogP contribution in [0.3, 0.4) is 0 Å². The van der Waals surface area contributed by atoms with E-state index in [1.807, 2.05) is 20.8 Å². The highest BCUT2D eigenvalue weighted by atomic mass is 16.5. The first-order chi connectivity index (χ1) is 8.69. The monoisotopic (exact) mass is 264 g/mol. The largest absolute Gasteiger partial charge is 0.488 e. The van der Waals surface area contributed by atoms with Crippen molar-refractivity contribution in [2.75, 3.05) is 0 Å². The molecule has 0 aromatic heterocycles. The summed E-state index contributed by atoms with van der Waals surface area (Å²) in [5, 5.41) is 17.5. The van der Waals surface area contributed by atoms with Gasteiger partial charge in [-0.05, 0) is 44.5 Å². The summed E-state index contributed by atoms with van der Waals surface area (Å²) in [4.78, 5) is 21.5. The van der Waals surface area contributed by atoms with Gasteiger partial charge in [-0.3, -0.25) is 0 Å². The number of benzene rings is 1. The lowest BCUT2D eigenvalue weighted by atomic mass is 10.1. The molecule has 0 saturated heterocycles. The molecule has 0 heterocycles. The molecule has 1 aromatic rings. The molecule has 0 unspecified atom stereocenters. The molecule has 5 nitrogen and oxygen atoms in total. The van der Waals surface area contributed by atoms with Crippen LogP contribution >= 0.6 is 0 Å². The van der Waals surface area contributed by atoms with E-state index in [1.54, 1.807) is 24.3 Å². The van der Waals surface area contributed by atoms with E-state index in [4.69, 9.17) is 14.9 Å². The van der Waals surface area contributed by atoms with Crippen LogP contribution in [0.25, 0.3) is 6.08 Å². The summed E-state index contributed by atoms with van der Waals surface area (Å²) in [6, 6.07) is 6.54. The van der Waals surface area contributed by atoms with Gasteiger partial charge in [0.2, 0.25) is 0 Å². The third-order valence-electron chi connectivity index (χ3n) is 2.08. The molecule has 0 radical (unpaired) electrons. The molecule has 2 N–H and O–H groups in total. The maximum absolute atomic E-state index is 10.7. The van der Waals surface area contributed by atoms with Crippen LogP contribution in [0.2, 0.25) is 0 Å². The van der Waals surface area contributed by atoms with Crippen LogP contribution in [0.15, 0.2) is 29.8 Å². The van der Waals surface area contributed by atoms with Crippen molar-refractivity contribution in [1.29, 1.82) is 0 Å². The molecule has 102 valence electrons. The molecule has 0 aliphatic rings. The number of carboxylic acid groups (broad SMARTS) is 2. The fourth-order valence-corrected chi connectivity index (χ4v) is 1.37. The van der Waals surface area contributed by atoms with Crippen LogP contribution in [0.1, 0.15) is 26.3 Å². The minimum atomic E-state index is -1.47. The van der Waals surface area contributed by atoms with E-state index in [1.165, 1.54) is 0 Å². The molecule has 5 heteroatoms. The van der Waals surface area contributed by atoms with Gasteiger partial charge in [0, 0.05) is 0 Å². The molecule has 0 aliphatic heterocycles. The topological polar surface area (TPSA) is 83.8 Å².